The monoisotopic (exact) mass is 538 g/mol. The summed E-state index contributed by atoms with van der Waals surface area (Å²) in [6, 6.07) is 14.7. The van der Waals surface area contributed by atoms with Gasteiger partial charge in [-0.2, -0.15) is 0 Å². The van der Waals surface area contributed by atoms with Crippen molar-refractivity contribution in [1.29, 1.82) is 0 Å². The SMILES string of the molecule is COC(C(=O)N1CCN(c2ccccc2C)CC1C(N)=O)c1ccc(OC2CCNCC2)cc1.Cl.Cl. The highest BCUT2D eigenvalue weighted by molar-refractivity contribution is 5.90. The standard InChI is InChI=1S/C26H34N4O4.2ClH/c1-18-5-3-4-6-22(18)29-15-16-30(23(17-29)25(27)31)26(32)24(33-2)19-7-9-20(10-8-19)34-21-11-13-28-14-12-21;;/h3-10,21,23-24,28H,11-17H2,1-2H3,(H2,27,31);2*1H. The molecule has 0 bridgehead atoms. The fourth-order valence-electron chi connectivity index (χ4n) is 4.78. The molecule has 2 aliphatic heterocycles. The van der Waals surface area contributed by atoms with Crippen molar-refractivity contribution >= 4 is 42.3 Å². The quantitative estimate of drug-likeness (QED) is 0.562. The third-order valence-corrected chi connectivity index (χ3v) is 6.68. The molecule has 198 valence electrons. The molecule has 3 N–H and O–H groups in total. The van der Waals surface area contributed by atoms with Gasteiger partial charge in [-0.25, -0.2) is 0 Å². The van der Waals surface area contributed by atoms with Crippen LogP contribution in [-0.2, 0) is 14.3 Å². The molecular weight excluding hydrogens is 503 g/mol. The van der Waals surface area contributed by atoms with Gasteiger partial charge in [-0.1, -0.05) is 30.3 Å². The number of halogens is 2. The first-order valence-electron chi connectivity index (χ1n) is 11.9. The second kappa shape index (κ2) is 13.7. The summed E-state index contributed by atoms with van der Waals surface area (Å²) < 4.78 is 11.7. The maximum Gasteiger partial charge on any atom is 0.257 e. The van der Waals surface area contributed by atoms with Crippen molar-refractivity contribution in [2.45, 2.75) is 38.0 Å². The summed E-state index contributed by atoms with van der Waals surface area (Å²) >= 11 is 0. The van der Waals surface area contributed by atoms with Gasteiger partial charge in [0, 0.05) is 32.4 Å². The number of para-hydroxylation sites is 1. The van der Waals surface area contributed by atoms with Crippen molar-refractivity contribution in [3.63, 3.8) is 0 Å². The highest BCUT2D eigenvalue weighted by Gasteiger charge is 2.38. The first-order valence-corrected chi connectivity index (χ1v) is 11.9. The molecule has 2 aromatic rings. The summed E-state index contributed by atoms with van der Waals surface area (Å²) in [6.45, 7) is 5.30. The lowest BCUT2D eigenvalue weighted by Crippen LogP contribution is -2.61. The number of methoxy groups -OCH3 is 1. The average molecular weight is 540 g/mol. The molecule has 10 heteroatoms. The molecule has 2 aliphatic rings. The number of nitrogens with one attached hydrogen (secondary N) is 1. The highest BCUT2D eigenvalue weighted by atomic mass is 35.5. The normalized spacial score (nSPS) is 19.0. The van der Waals surface area contributed by atoms with Gasteiger partial charge >= 0.3 is 0 Å². The third kappa shape index (κ3) is 6.82. The maximum absolute atomic E-state index is 13.5. The van der Waals surface area contributed by atoms with Crippen molar-refractivity contribution in [3.8, 4) is 5.75 Å². The van der Waals surface area contributed by atoms with Crippen LogP contribution in [0.25, 0.3) is 0 Å². The van der Waals surface area contributed by atoms with Crippen molar-refractivity contribution in [2.24, 2.45) is 5.73 Å². The number of anilines is 1. The number of primary amides is 1. The molecule has 2 unspecified atom stereocenters. The lowest BCUT2D eigenvalue weighted by molar-refractivity contribution is -0.149. The van der Waals surface area contributed by atoms with Gasteiger partial charge in [-0.15, -0.1) is 24.8 Å². The minimum atomic E-state index is -0.820. The van der Waals surface area contributed by atoms with Crippen molar-refractivity contribution in [3.05, 3.63) is 59.7 Å². The van der Waals surface area contributed by atoms with Gasteiger partial charge < -0.3 is 30.3 Å². The van der Waals surface area contributed by atoms with Gasteiger partial charge in [-0.3, -0.25) is 9.59 Å². The maximum atomic E-state index is 13.5. The molecule has 2 aromatic carbocycles. The van der Waals surface area contributed by atoms with E-state index in [1.807, 2.05) is 55.5 Å². The summed E-state index contributed by atoms with van der Waals surface area (Å²) in [5.74, 6) is -0.00484. The summed E-state index contributed by atoms with van der Waals surface area (Å²) in [5, 5.41) is 3.33. The fraction of sp³-hybridized carbons (Fsp3) is 0.462. The van der Waals surface area contributed by atoms with E-state index in [0.29, 0.717) is 19.6 Å². The summed E-state index contributed by atoms with van der Waals surface area (Å²) in [4.78, 5) is 29.5. The number of benzene rings is 2. The Kier molecular flexibility index (Phi) is 11.3. The van der Waals surface area contributed by atoms with E-state index in [-0.39, 0.29) is 36.8 Å². The molecule has 36 heavy (non-hydrogen) atoms. The van der Waals surface area contributed by atoms with Crippen LogP contribution >= 0.6 is 24.8 Å². The largest absolute Gasteiger partial charge is 0.490 e. The lowest BCUT2D eigenvalue weighted by atomic mass is 10.0. The van der Waals surface area contributed by atoms with E-state index < -0.39 is 18.1 Å². The van der Waals surface area contributed by atoms with Crippen LogP contribution in [0.4, 0.5) is 5.69 Å². The minimum Gasteiger partial charge on any atom is -0.490 e. The Morgan fingerprint density at radius 1 is 1.03 bits per heavy atom. The number of amides is 2. The number of ether oxygens (including phenoxy) is 2. The third-order valence-electron chi connectivity index (χ3n) is 6.68. The van der Waals surface area contributed by atoms with E-state index in [1.165, 1.54) is 7.11 Å². The topological polar surface area (TPSA) is 97.1 Å². The Labute approximate surface area is 225 Å². The molecule has 2 atom stereocenters. The van der Waals surface area contributed by atoms with Gasteiger partial charge in [0.25, 0.3) is 5.91 Å². The second-order valence-electron chi connectivity index (χ2n) is 8.93. The van der Waals surface area contributed by atoms with Crippen LogP contribution in [0.2, 0.25) is 0 Å². The molecule has 0 aromatic heterocycles. The number of carbonyl (C=O) groups is 2. The molecule has 2 saturated heterocycles. The van der Waals surface area contributed by atoms with Gasteiger partial charge in [0.1, 0.15) is 17.9 Å². The van der Waals surface area contributed by atoms with E-state index in [4.69, 9.17) is 15.2 Å². The molecule has 2 heterocycles. The Bertz CT molecular complexity index is 1000. The molecular formula is C26H36Cl2N4O4. The predicted octanol–water partition coefficient (Wildman–Crippen LogP) is 2.86. The van der Waals surface area contributed by atoms with E-state index in [9.17, 15) is 9.59 Å². The lowest BCUT2D eigenvalue weighted by Gasteiger charge is -2.42. The van der Waals surface area contributed by atoms with Crippen LogP contribution < -0.4 is 20.7 Å². The van der Waals surface area contributed by atoms with E-state index in [1.54, 1.807) is 4.90 Å². The number of piperidine rings is 1. The first-order chi connectivity index (χ1) is 16.5. The molecule has 4 rings (SSSR count). The number of hydrogen-bond acceptors (Lipinski definition) is 6. The number of rotatable bonds is 7. The summed E-state index contributed by atoms with van der Waals surface area (Å²) in [6.07, 6.45) is 1.33. The Morgan fingerprint density at radius 2 is 1.69 bits per heavy atom. The zero-order valence-corrected chi connectivity index (χ0v) is 22.4. The van der Waals surface area contributed by atoms with Gasteiger partial charge in [0.15, 0.2) is 6.10 Å². The number of hydrogen-bond donors (Lipinski definition) is 2. The van der Waals surface area contributed by atoms with Crippen molar-refractivity contribution in [1.82, 2.24) is 10.2 Å². The van der Waals surface area contributed by atoms with Crippen LogP contribution in [0, 0.1) is 6.92 Å². The number of aryl methyl sites for hydroxylation is 1. The molecule has 0 spiro atoms. The molecule has 2 amide bonds. The first kappa shape index (κ1) is 29.7. The molecule has 0 aliphatic carbocycles. The minimum absolute atomic E-state index is 0. The highest BCUT2D eigenvalue weighted by Crippen LogP contribution is 2.28. The molecule has 2 fully saturated rings. The van der Waals surface area contributed by atoms with Crippen molar-refractivity contribution in [2.75, 3.05) is 44.7 Å². The van der Waals surface area contributed by atoms with E-state index in [2.05, 4.69) is 10.2 Å². The van der Waals surface area contributed by atoms with Crippen LogP contribution in [0.1, 0.15) is 30.1 Å². The Balaban J connectivity index is 0.00000228. The second-order valence-corrected chi connectivity index (χ2v) is 8.93. The van der Waals surface area contributed by atoms with Gasteiger partial charge in [-0.05, 0) is 62.2 Å². The van der Waals surface area contributed by atoms with Crippen LogP contribution in [0.15, 0.2) is 48.5 Å². The summed E-state index contributed by atoms with van der Waals surface area (Å²) in [5.41, 5.74) is 8.63. The van der Waals surface area contributed by atoms with Gasteiger partial charge in [0.05, 0.1) is 0 Å². The number of nitrogens with two attached hydrogens (primary N) is 1. The average Bonchev–Trinajstić information content (AvgIpc) is 2.86. The molecule has 8 nitrogen and oxygen atoms in total. The Morgan fingerprint density at radius 3 is 2.31 bits per heavy atom. The van der Waals surface area contributed by atoms with E-state index in [0.717, 1.165) is 48.5 Å². The summed E-state index contributed by atoms with van der Waals surface area (Å²) in [7, 11) is 1.50. The fourth-order valence-corrected chi connectivity index (χ4v) is 4.78. The van der Waals surface area contributed by atoms with Crippen LogP contribution in [-0.4, -0.2) is 68.7 Å². The van der Waals surface area contributed by atoms with Crippen LogP contribution in [0.3, 0.4) is 0 Å². The van der Waals surface area contributed by atoms with E-state index >= 15 is 0 Å². The zero-order valence-electron chi connectivity index (χ0n) is 20.7. The molecule has 0 radical (unpaired) electrons. The van der Waals surface area contributed by atoms with Crippen LogP contribution in [0.5, 0.6) is 5.75 Å². The van der Waals surface area contributed by atoms with Gasteiger partial charge in [0.2, 0.25) is 5.91 Å². The Hall–Kier alpha value is -2.52. The van der Waals surface area contributed by atoms with Crippen molar-refractivity contribution < 1.29 is 19.1 Å². The number of piperazine rings is 1. The predicted molar refractivity (Wildman–Crippen MR) is 145 cm³/mol. The number of nitrogens with zero attached hydrogens (tertiary/aromatic N) is 2. The number of carbonyl (C=O) groups excluding carboxylic acids is 2. The smallest absolute Gasteiger partial charge is 0.257 e. The zero-order chi connectivity index (χ0) is 24.1. The molecule has 0 saturated carbocycles.